The number of nitriles is 2. The first kappa shape index (κ1) is 74.0. The van der Waals surface area contributed by atoms with Gasteiger partial charge in [0.05, 0.1) is 59.2 Å². The Kier molecular flexibility index (Phi) is 22.1. The Morgan fingerprint density at radius 2 is 0.458 bits per heavy atom. The molecule has 516 valence electrons. The van der Waals surface area contributed by atoms with Crippen LogP contribution in [0.15, 0.2) is 267 Å². The first-order valence-electron chi connectivity index (χ1n) is 33.3. The average molecular weight is 1420 g/mol. The van der Waals surface area contributed by atoms with Crippen LogP contribution in [0.3, 0.4) is 0 Å². The molecule has 4 atom stereocenters. The normalized spacial score (nSPS) is 16.2. The molecule has 0 spiro atoms. The van der Waals surface area contributed by atoms with E-state index in [4.69, 9.17) is 17.5 Å². The molecule has 10 aromatic rings. The number of nitrogens with one attached hydrogen (secondary N) is 1. The van der Waals surface area contributed by atoms with Crippen LogP contribution < -0.4 is 39.2 Å². The van der Waals surface area contributed by atoms with Crippen LogP contribution in [0.2, 0.25) is 0 Å². The van der Waals surface area contributed by atoms with Crippen molar-refractivity contribution in [1.29, 1.82) is 14.9 Å². The van der Waals surface area contributed by atoms with Crippen LogP contribution in [0.25, 0.3) is 9.69 Å². The molecule has 4 unspecified atom stereocenters. The van der Waals surface area contributed by atoms with Crippen LogP contribution in [-0.4, -0.2) is 71.8 Å². The standard InChI is InChI=1S/C44H36N6O4.C40H24N6O4.Al.B.HN/c1-27-28(2)42(52)49(41(27)51)39-22-18-37(19-23-39)48(38-20-24-40(25-21-38)50-43(53)29(3)30(4)44(50)54)36-16-14-35(15-17-36)47(33-10-6-31(26-45)7-11-33)34-12-8-32(46-5)9-13-34;1-42-28-4-8-30(9-5-28)43(29-6-2-27(26-41)3-7-29)31-10-12-32(13-11-31)44(33-14-18-35(19-15-33)45-37(47)22-23-38(45)48)34-16-20-36(21-17-34)46-39(49)24-25-40(46)50;;;/h6-25,27-30H,1-4H3;2-25H;;;1H. The third kappa shape index (κ3) is 14.8. The Hall–Kier alpha value is -14.2. The number of carbonyl (C=O) groups is 8. The van der Waals surface area contributed by atoms with Gasteiger partial charge in [-0.1, -0.05) is 52.0 Å². The van der Waals surface area contributed by atoms with Crippen LogP contribution >= 0.6 is 0 Å². The van der Waals surface area contributed by atoms with Crippen molar-refractivity contribution in [3.63, 3.8) is 0 Å². The summed E-state index contributed by atoms with van der Waals surface area (Å²) in [5, 5.41) is 18.7. The van der Waals surface area contributed by atoms with Gasteiger partial charge in [0, 0.05) is 125 Å². The number of benzene rings is 10. The van der Waals surface area contributed by atoms with E-state index in [1.807, 2.05) is 141 Å². The van der Waals surface area contributed by atoms with Gasteiger partial charge in [-0.25, -0.2) is 19.5 Å². The summed E-state index contributed by atoms with van der Waals surface area (Å²) in [6, 6.07) is 77.4. The SMILES string of the molecule is [B].[C-]#[N+]c1ccc(N(c2ccc(C#N)cc2)c2ccc(N(c3ccc(N4C(=O)C(C)C(C)C4=O)cc3)c3ccc(N4C(=O)C(C)C(C)C4=O)cc3)cc2)cc1.[C-]#[N+]c1ccc(N(c2ccc(C#N)cc2)c2ccc(N(c3ccc(N4C(=O)C=CC4=O)cc3)c3ccc(N4C(=O)C=CC4=O)cc3)cc2)cc1.[NH]=[Al]. The number of hydrogen-bond acceptors (Lipinski definition) is 15. The maximum absolute atomic E-state index is 13.0. The van der Waals surface area contributed by atoms with Crippen molar-refractivity contribution in [2.75, 3.05) is 39.2 Å². The minimum absolute atomic E-state index is 0. The minimum atomic E-state index is -0.415. The molecule has 107 heavy (non-hydrogen) atoms. The molecule has 1 N–H and O–H groups in total. The van der Waals surface area contributed by atoms with Gasteiger partial charge in [-0.3, -0.25) is 48.2 Å². The molecule has 23 heteroatoms. The van der Waals surface area contributed by atoms with Crippen molar-refractivity contribution < 1.29 is 38.4 Å². The van der Waals surface area contributed by atoms with Crippen LogP contribution in [0.4, 0.5) is 102 Å². The van der Waals surface area contributed by atoms with Gasteiger partial charge < -0.3 is 19.6 Å². The van der Waals surface area contributed by atoms with Crippen LogP contribution in [0, 0.1) is 63.8 Å². The summed E-state index contributed by atoms with van der Waals surface area (Å²) >= 11 is 1.67. The third-order valence-corrected chi connectivity index (χ3v) is 18.7. The molecule has 0 aromatic heterocycles. The second-order valence-corrected chi connectivity index (χ2v) is 24.9. The second kappa shape index (κ2) is 32.0. The first-order valence-corrected chi connectivity index (χ1v) is 33.9. The monoisotopic (exact) mass is 1420 g/mol. The molecule has 10 aromatic carbocycles. The van der Waals surface area contributed by atoms with Gasteiger partial charge in [0.15, 0.2) is 11.4 Å². The number of rotatable bonds is 16. The summed E-state index contributed by atoms with van der Waals surface area (Å²) in [6.45, 7) is 21.8. The fourth-order valence-electron chi connectivity index (χ4n) is 12.7. The summed E-state index contributed by atoms with van der Waals surface area (Å²) in [7, 11) is 0. The summed E-state index contributed by atoms with van der Waals surface area (Å²) in [6.07, 6.45) is 4.93. The van der Waals surface area contributed by atoms with Gasteiger partial charge in [0.2, 0.25) is 23.6 Å². The Bertz CT molecular complexity index is 4990. The van der Waals surface area contributed by atoms with Crippen molar-refractivity contribution in [2.45, 2.75) is 27.7 Å². The molecule has 2 saturated heterocycles. The second-order valence-electron chi connectivity index (χ2n) is 24.9. The molecule has 21 nitrogen and oxygen atoms in total. The van der Waals surface area contributed by atoms with E-state index in [1.54, 1.807) is 165 Å². The van der Waals surface area contributed by atoms with E-state index < -0.39 is 47.3 Å². The molecule has 4 radical (unpaired) electrons. The Morgan fingerprint density at radius 1 is 0.299 bits per heavy atom. The fraction of sp³-hybridized carbons (Fsp3) is 0.0952. The molecule has 8 amide bonds. The van der Waals surface area contributed by atoms with Gasteiger partial charge in [-0.2, -0.15) is 10.5 Å². The van der Waals surface area contributed by atoms with Gasteiger partial charge >= 0.3 is 20.4 Å². The molecular weight excluding hydrogens is 1360 g/mol. The molecule has 14 rings (SSSR count). The van der Waals surface area contributed by atoms with Crippen LogP contribution in [0.5, 0.6) is 0 Å². The van der Waals surface area contributed by atoms with Crippen molar-refractivity contribution in [3.05, 3.63) is 301 Å². The zero-order chi connectivity index (χ0) is 75.0. The maximum atomic E-state index is 13.0. The van der Waals surface area contributed by atoms with E-state index in [0.29, 0.717) is 45.3 Å². The van der Waals surface area contributed by atoms with E-state index >= 15 is 0 Å². The molecule has 0 bridgehead atoms. The summed E-state index contributed by atoms with van der Waals surface area (Å²) in [4.78, 5) is 121. The van der Waals surface area contributed by atoms with Gasteiger partial charge in [-0.15, -0.1) is 0 Å². The van der Waals surface area contributed by atoms with Crippen LogP contribution in [0.1, 0.15) is 38.8 Å². The number of anilines is 16. The van der Waals surface area contributed by atoms with Crippen molar-refractivity contribution in [3.8, 4) is 12.1 Å². The molecular formula is C84H61AlBN13O8. The van der Waals surface area contributed by atoms with Crippen molar-refractivity contribution in [1.82, 2.24) is 0 Å². The van der Waals surface area contributed by atoms with E-state index in [9.17, 15) is 48.9 Å². The van der Waals surface area contributed by atoms with Crippen molar-refractivity contribution >= 4 is 174 Å². The van der Waals surface area contributed by atoms with E-state index in [-0.39, 0.29) is 32.0 Å². The van der Waals surface area contributed by atoms with E-state index in [0.717, 1.165) is 78.0 Å². The summed E-state index contributed by atoms with van der Waals surface area (Å²) in [5.41, 5.74) is 13.4. The van der Waals surface area contributed by atoms with Gasteiger partial charge in [-0.05, 0) is 218 Å². The number of amides is 8. The summed E-state index contributed by atoms with van der Waals surface area (Å²) < 4.78 is 5.67. The number of hydrogen-bond donors (Lipinski definition) is 1. The Labute approximate surface area is 627 Å². The van der Waals surface area contributed by atoms with E-state index in [2.05, 4.69) is 21.8 Å². The molecule has 2 fully saturated rings. The summed E-state index contributed by atoms with van der Waals surface area (Å²) in [5.74, 6) is -4.18. The van der Waals surface area contributed by atoms with Crippen molar-refractivity contribution in [2.24, 2.45) is 23.7 Å². The van der Waals surface area contributed by atoms with E-state index in [1.165, 1.54) is 34.1 Å². The van der Waals surface area contributed by atoms with Gasteiger partial charge in [0.1, 0.15) is 0 Å². The quantitative estimate of drug-likeness (QED) is 0.0537. The Morgan fingerprint density at radius 3 is 0.636 bits per heavy atom. The zero-order valence-electron chi connectivity index (χ0n) is 58.0. The number of carbonyl (C=O) groups excluding carboxylic acids is 8. The molecule has 0 aliphatic carbocycles. The predicted octanol–water partition coefficient (Wildman–Crippen LogP) is 16.8. The first-order chi connectivity index (χ1) is 51.4. The number of nitrogens with zero attached hydrogens (tertiary/aromatic N) is 12. The molecule has 4 aliphatic heterocycles. The molecule has 0 saturated carbocycles. The third-order valence-electron chi connectivity index (χ3n) is 18.7. The topological polar surface area (TPSA) is 243 Å². The zero-order valence-corrected chi connectivity index (χ0v) is 59.2. The predicted molar refractivity (Wildman–Crippen MR) is 413 cm³/mol. The fourth-order valence-corrected chi connectivity index (χ4v) is 12.7. The Balaban J connectivity index is 0.000000207. The van der Waals surface area contributed by atoms with Gasteiger partial charge in [0.25, 0.3) is 23.6 Å². The molecule has 4 heterocycles. The van der Waals surface area contributed by atoms with Crippen LogP contribution in [-0.2, 0) is 38.4 Å². The average Bonchev–Trinajstić information content (AvgIpc) is 1.56. The molecule has 4 aliphatic rings. The number of imide groups is 4.